The van der Waals surface area contributed by atoms with Crippen molar-refractivity contribution in [2.45, 2.75) is 116 Å². The van der Waals surface area contributed by atoms with Crippen molar-refractivity contribution in [3.8, 4) is 0 Å². The van der Waals surface area contributed by atoms with E-state index in [-0.39, 0.29) is 0 Å². The number of imidazole rings is 1. The Morgan fingerprint density at radius 3 is 1.72 bits per heavy atom. The monoisotopic (exact) mass is 398 g/mol. The van der Waals surface area contributed by atoms with Gasteiger partial charge >= 0.3 is 0 Å². The SMILES string of the molecule is CCCCCCCCCCCCCCCCCCn1c(C=O)nc2ccccc21. The molecule has 0 saturated heterocycles. The number of fused-ring (bicyclic) bond motifs is 1. The highest BCUT2D eigenvalue weighted by atomic mass is 16.1. The quantitative estimate of drug-likeness (QED) is 0.188. The Morgan fingerprint density at radius 2 is 1.21 bits per heavy atom. The summed E-state index contributed by atoms with van der Waals surface area (Å²) in [6.07, 6.45) is 22.9. The average Bonchev–Trinajstić information content (AvgIpc) is 3.11. The van der Waals surface area contributed by atoms with E-state index >= 15 is 0 Å². The lowest BCUT2D eigenvalue weighted by Crippen LogP contribution is -2.03. The third kappa shape index (κ3) is 9.14. The number of unbranched alkanes of at least 4 members (excludes halogenated alkanes) is 15. The van der Waals surface area contributed by atoms with Gasteiger partial charge in [0, 0.05) is 6.54 Å². The molecule has 1 heterocycles. The second-order valence-electron chi connectivity index (χ2n) is 8.53. The molecule has 29 heavy (non-hydrogen) atoms. The van der Waals surface area contributed by atoms with Crippen LogP contribution in [-0.2, 0) is 6.54 Å². The minimum absolute atomic E-state index is 0.562. The van der Waals surface area contributed by atoms with Gasteiger partial charge in [0.25, 0.3) is 0 Å². The molecule has 0 N–H and O–H groups in total. The molecule has 2 aromatic rings. The normalized spacial score (nSPS) is 11.3. The molecule has 1 aromatic carbocycles. The first kappa shape index (κ1) is 23.6. The molecule has 0 amide bonds. The number of benzene rings is 1. The van der Waals surface area contributed by atoms with Gasteiger partial charge < -0.3 is 4.57 Å². The number of hydrogen-bond donors (Lipinski definition) is 0. The summed E-state index contributed by atoms with van der Waals surface area (Å²) >= 11 is 0. The average molecular weight is 399 g/mol. The maximum atomic E-state index is 11.3. The topological polar surface area (TPSA) is 34.9 Å². The van der Waals surface area contributed by atoms with Crippen molar-refractivity contribution >= 4 is 17.3 Å². The highest BCUT2D eigenvalue weighted by Gasteiger charge is 2.08. The molecule has 0 saturated carbocycles. The molecule has 0 bridgehead atoms. The van der Waals surface area contributed by atoms with Gasteiger partial charge in [-0.15, -0.1) is 0 Å². The first-order valence-corrected chi connectivity index (χ1v) is 12.3. The second-order valence-corrected chi connectivity index (χ2v) is 8.53. The van der Waals surface area contributed by atoms with E-state index in [0.717, 1.165) is 30.3 Å². The molecular formula is C26H42N2O. The summed E-state index contributed by atoms with van der Waals surface area (Å²) in [4.78, 5) is 15.7. The van der Waals surface area contributed by atoms with Crippen LogP contribution in [0.1, 0.15) is 120 Å². The smallest absolute Gasteiger partial charge is 0.185 e. The number of carbonyl (C=O) groups is 1. The van der Waals surface area contributed by atoms with Crippen molar-refractivity contribution in [3.05, 3.63) is 30.1 Å². The van der Waals surface area contributed by atoms with Crippen molar-refractivity contribution in [2.75, 3.05) is 0 Å². The number of carbonyl (C=O) groups excluding carboxylic acids is 1. The van der Waals surface area contributed by atoms with Gasteiger partial charge in [-0.05, 0) is 18.6 Å². The van der Waals surface area contributed by atoms with E-state index in [4.69, 9.17) is 0 Å². The Bertz CT molecular complexity index is 676. The fourth-order valence-electron chi connectivity index (χ4n) is 4.24. The fraction of sp³-hybridized carbons (Fsp3) is 0.692. The van der Waals surface area contributed by atoms with Crippen molar-refractivity contribution < 1.29 is 4.79 Å². The maximum absolute atomic E-state index is 11.3. The lowest BCUT2D eigenvalue weighted by atomic mass is 10.0. The highest BCUT2D eigenvalue weighted by Crippen LogP contribution is 2.17. The summed E-state index contributed by atoms with van der Waals surface area (Å²) in [6, 6.07) is 8.03. The van der Waals surface area contributed by atoms with Crippen molar-refractivity contribution in [3.63, 3.8) is 0 Å². The summed E-state index contributed by atoms with van der Waals surface area (Å²) in [7, 11) is 0. The zero-order valence-electron chi connectivity index (χ0n) is 18.7. The molecular weight excluding hydrogens is 356 g/mol. The number of hydrogen-bond acceptors (Lipinski definition) is 2. The number of aromatic nitrogens is 2. The van der Waals surface area contributed by atoms with Crippen LogP contribution in [0.15, 0.2) is 24.3 Å². The van der Waals surface area contributed by atoms with Gasteiger partial charge in [0.2, 0.25) is 0 Å². The van der Waals surface area contributed by atoms with Crippen LogP contribution in [0, 0.1) is 0 Å². The highest BCUT2D eigenvalue weighted by molar-refractivity contribution is 5.82. The molecule has 3 heteroatoms. The number of rotatable bonds is 18. The predicted molar refractivity (Wildman–Crippen MR) is 125 cm³/mol. The molecule has 0 fully saturated rings. The van der Waals surface area contributed by atoms with Crippen molar-refractivity contribution in [1.82, 2.24) is 9.55 Å². The molecule has 1 aromatic heterocycles. The van der Waals surface area contributed by atoms with Crippen LogP contribution in [0.4, 0.5) is 0 Å². The van der Waals surface area contributed by atoms with E-state index in [1.165, 1.54) is 96.3 Å². The Hall–Kier alpha value is -1.64. The first-order chi connectivity index (χ1) is 14.4. The molecule has 2 rings (SSSR count). The van der Waals surface area contributed by atoms with Crippen LogP contribution in [0.25, 0.3) is 11.0 Å². The molecule has 0 atom stereocenters. The van der Waals surface area contributed by atoms with Crippen molar-refractivity contribution in [1.29, 1.82) is 0 Å². The van der Waals surface area contributed by atoms with Crippen LogP contribution in [0.3, 0.4) is 0 Å². The second kappa shape index (κ2) is 15.2. The molecule has 0 aliphatic heterocycles. The van der Waals surface area contributed by atoms with E-state index in [2.05, 4.69) is 22.5 Å². The molecule has 0 aliphatic carbocycles. The summed E-state index contributed by atoms with van der Waals surface area (Å²) in [5.41, 5.74) is 2.00. The molecule has 0 aliphatic rings. The number of para-hydroxylation sites is 2. The number of nitrogens with zero attached hydrogens (tertiary/aromatic N) is 2. The molecule has 0 spiro atoms. The molecule has 0 unspecified atom stereocenters. The van der Waals surface area contributed by atoms with Crippen LogP contribution in [-0.4, -0.2) is 15.8 Å². The zero-order chi connectivity index (χ0) is 20.6. The van der Waals surface area contributed by atoms with Gasteiger partial charge in [-0.25, -0.2) is 4.98 Å². The third-order valence-electron chi connectivity index (χ3n) is 6.02. The zero-order valence-corrected chi connectivity index (χ0v) is 18.7. The minimum atomic E-state index is 0.562. The van der Waals surface area contributed by atoms with E-state index in [0.29, 0.717) is 5.82 Å². The van der Waals surface area contributed by atoms with Crippen LogP contribution < -0.4 is 0 Å². The Balaban J connectivity index is 1.42. The van der Waals surface area contributed by atoms with E-state index in [1.807, 2.05) is 18.2 Å². The number of aryl methyl sites for hydroxylation is 1. The van der Waals surface area contributed by atoms with Gasteiger partial charge in [0.1, 0.15) is 0 Å². The minimum Gasteiger partial charge on any atom is -0.322 e. The van der Waals surface area contributed by atoms with E-state index < -0.39 is 0 Å². The third-order valence-corrected chi connectivity index (χ3v) is 6.02. The van der Waals surface area contributed by atoms with Gasteiger partial charge in [-0.3, -0.25) is 4.79 Å². The summed E-state index contributed by atoms with van der Waals surface area (Å²) < 4.78 is 2.08. The lowest BCUT2D eigenvalue weighted by molar-refractivity contribution is 0.111. The van der Waals surface area contributed by atoms with Gasteiger partial charge in [-0.1, -0.05) is 115 Å². The van der Waals surface area contributed by atoms with Crippen molar-refractivity contribution in [2.24, 2.45) is 0 Å². The lowest BCUT2D eigenvalue weighted by Gasteiger charge is -2.06. The maximum Gasteiger partial charge on any atom is 0.185 e. The molecule has 162 valence electrons. The predicted octanol–water partition coefficient (Wildman–Crippen LogP) is 8.11. The Morgan fingerprint density at radius 1 is 0.724 bits per heavy atom. The summed E-state index contributed by atoms with van der Waals surface area (Å²) in [5, 5.41) is 0. The van der Waals surface area contributed by atoms with Crippen LogP contribution in [0.5, 0.6) is 0 Å². The van der Waals surface area contributed by atoms with Crippen LogP contribution in [0.2, 0.25) is 0 Å². The van der Waals surface area contributed by atoms with E-state index in [9.17, 15) is 4.79 Å². The van der Waals surface area contributed by atoms with E-state index in [1.54, 1.807) is 0 Å². The summed E-state index contributed by atoms with van der Waals surface area (Å²) in [6.45, 7) is 3.18. The van der Waals surface area contributed by atoms with Gasteiger partial charge in [0.15, 0.2) is 12.1 Å². The first-order valence-electron chi connectivity index (χ1n) is 12.3. The fourth-order valence-corrected chi connectivity index (χ4v) is 4.24. The Kier molecular flexibility index (Phi) is 12.4. The number of aldehydes is 1. The largest absolute Gasteiger partial charge is 0.322 e. The Labute approximate surface area is 178 Å². The van der Waals surface area contributed by atoms with Gasteiger partial charge in [-0.2, -0.15) is 0 Å². The van der Waals surface area contributed by atoms with Gasteiger partial charge in [0.05, 0.1) is 11.0 Å². The standard InChI is InChI=1S/C26H42N2O/c1-2-3-4-5-6-7-8-9-10-11-12-13-14-15-16-19-22-28-25-21-18-17-20-24(25)27-26(28)23-29/h17-18,20-21,23H,2-16,19,22H2,1H3. The van der Waals surface area contributed by atoms with Crippen LogP contribution >= 0.6 is 0 Å². The molecule has 3 nitrogen and oxygen atoms in total. The summed E-state index contributed by atoms with van der Waals surface area (Å²) in [5.74, 6) is 0.562. The molecule has 0 radical (unpaired) electrons.